The average Bonchev–Trinajstić information content (AvgIpc) is 3.29. The topological polar surface area (TPSA) is 107 Å². The Balaban J connectivity index is 1.47. The smallest absolute Gasteiger partial charge is 0.321 e. The van der Waals surface area contributed by atoms with Crippen molar-refractivity contribution in [2.75, 3.05) is 18.5 Å². The lowest BCUT2D eigenvalue weighted by Gasteiger charge is -2.34. The molecule has 9 nitrogen and oxygen atoms in total. The quantitative estimate of drug-likeness (QED) is 0.833. The third-order valence-electron chi connectivity index (χ3n) is 5.72. The Morgan fingerprint density at radius 1 is 1.21 bits per heavy atom. The van der Waals surface area contributed by atoms with Crippen LogP contribution < -0.4 is 10.6 Å². The minimum atomic E-state index is -0.718. The van der Waals surface area contributed by atoms with Crippen molar-refractivity contribution in [3.05, 3.63) is 23.5 Å². The maximum Gasteiger partial charge on any atom is 0.321 e. The van der Waals surface area contributed by atoms with Crippen molar-refractivity contribution in [3.8, 4) is 0 Å². The summed E-state index contributed by atoms with van der Waals surface area (Å²) in [7, 11) is 0. The number of amides is 2. The molecule has 3 heterocycles. The molecule has 1 aliphatic heterocycles. The number of nitrogens with zero attached hydrogens (tertiary/aromatic N) is 4. The molecule has 0 bridgehead atoms. The fraction of sp³-hybridized carbons (Fsp3) is 0.684. The highest BCUT2D eigenvalue weighted by atomic mass is 16.5. The van der Waals surface area contributed by atoms with E-state index in [1.807, 2.05) is 13.0 Å². The molecule has 0 aromatic carbocycles. The summed E-state index contributed by atoms with van der Waals surface area (Å²) in [6.45, 7) is 4.85. The summed E-state index contributed by atoms with van der Waals surface area (Å²) >= 11 is 0. The average molecular weight is 388 g/mol. The minimum absolute atomic E-state index is 0.328. The van der Waals surface area contributed by atoms with Crippen molar-refractivity contribution in [1.29, 1.82) is 0 Å². The van der Waals surface area contributed by atoms with Crippen molar-refractivity contribution in [2.45, 2.75) is 70.4 Å². The van der Waals surface area contributed by atoms with E-state index in [2.05, 4.69) is 30.6 Å². The third-order valence-corrected chi connectivity index (χ3v) is 5.72. The normalized spacial score (nSPS) is 20.1. The Hall–Kier alpha value is -2.42. The summed E-state index contributed by atoms with van der Waals surface area (Å²) in [6.07, 6.45) is 7.23. The zero-order valence-electron chi connectivity index (χ0n) is 16.5. The van der Waals surface area contributed by atoms with Crippen LogP contribution in [0.1, 0.15) is 68.4 Å². The van der Waals surface area contributed by atoms with Crippen LogP contribution in [0.2, 0.25) is 0 Å². The molecule has 2 aromatic rings. The van der Waals surface area contributed by atoms with Crippen LogP contribution in [0.15, 0.2) is 10.6 Å². The van der Waals surface area contributed by atoms with Crippen LogP contribution in [0, 0.1) is 13.8 Å². The molecule has 2 fully saturated rings. The van der Waals surface area contributed by atoms with Gasteiger partial charge in [-0.25, -0.2) is 4.79 Å². The number of hydrogen-bond donors (Lipinski definition) is 2. The number of rotatable bonds is 4. The van der Waals surface area contributed by atoms with Crippen molar-refractivity contribution >= 4 is 11.8 Å². The summed E-state index contributed by atoms with van der Waals surface area (Å²) in [5.41, 5.74) is 0.348. The first-order valence-electron chi connectivity index (χ1n) is 10.1. The number of aromatic nitrogens is 4. The van der Waals surface area contributed by atoms with E-state index in [9.17, 15) is 4.79 Å². The van der Waals surface area contributed by atoms with Gasteiger partial charge in [0.15, 0.2) is 11.6 Å². The highest BCUT2D eigenvalue weighted by molar-refractivity contribution is 5.88. The van der Waals surface area contributed by atoms with Crippen molar-refractivity contribution in [2.24, 2.45) is 0 Å². The predicted molar refractivity (Wildman–Crippen MR) is 102 cm³/mol. The van der Waals surface area contributed by atoms with E-state index in [1.54, 1.807) is 6.92 Å². The molecule has 2 aliphatic rings. The number of ether oxygens (including phenoxy) is 1. The van der Waals surface area contributed by atoms with Gasteiger partial charge in [-0.2, -0.15) is 10.1 Å². The largest absolute Gasteiger partial charge is 0.381 e. The maximum absolute atomic E-state index is 12.8. The van der Waals surface area contributed by atoms with Gasteiger partial charge in [0.05, 0.1) is 6.04 Å². The third kappa shape index (κ3) is 3.89. The molecule has 1 aliphatic carbocycles. The van der Waals surface area contributed by atoms with Crippen LogP contribution in [-0.4, -0.2) is 39.2 Å². The Kier molecular flexibility index (Phi) is 5.34. The first-order valence-corrected chi connectivity index (χ1v) is 10.1. The van der Waals surface area contributed by atoms with Gasteiger partial charge in [0, 0.05) is 37.8 Å². The highest BCUT2D eigenvalue weighted by Gasteiger charge is 2.41. The van der Waals surface area contributed by atoms with Crippen LogP contribution in [0.3, 0.4) is 0 Å². The molecule has 9 heteroatoms. The number of carbonyl (C=O) groups is 1. The molecule has 28 heavy (non-hydrogen) atoms. The van der Waals surface area contributed by atoms with Crippen LogP contribution in [0.4, 0.5) is 10.6 Å². The van der Waals surface area contributed by atoms with Gasteiger partial charge in [0.2, 0.25) is 0 Å². The van der Waals surface area contributed by atoms with E-state index in [1.165, 1.54) is 19.3 Å². The summed E-state index contributed by atoms with van der Waals surface area (Å²) in [6, 6.07) is 2.02. The lowest BCUT2D eigenvalue weighted by molar-refractivity contribution is 0.0285. The molecule has 2 aromatic heterocycles. The number of aryl methyl sites for hydroxylation is 2. The Morgan fingerprint density at radius 2 is 1.96 bits per heavy atom. The maximum atomic E-state index is 12.8. The van der Waals surface area contributed by atoms with Crippen LogP contribution >= 0.6 is 0 Å². The number of urea groups is 1. The van der Waals surface area contributed by atoms with Gasteiger partial charge in [-0.3, -0.25) is 10.00 Å². The van der Waals surface area contributed by atoms with Gasteiger partial charge in [0.25, 0.3) is 5.89 Å². The Morgan fingerprint density at radius 3 is 2.64 bits per heavy atom. The summed E-state index contributed by atoms with van der Waals surface area (Å²) in [5, 5.41) is 14.4. The first-order chi connectivity index (χ1) is 13.6. The first kappa shape index (κ1) is 18.9. The molecule has 152 valence electrons. The van der Waals surface area contributed by atoms with Gasteiger partial charge in [-0.15, -0.1) is 0 Å². The van der Waals surface area contributed by atoms with Crippen LogP contribution in [0.5, 0.6) is 0 Å². The standard InChI is InChI=1S/C19H28N6O3/c1-13-12-16(23-25(13)15-6-4-3-5-7-15)21-18(26)22-19(8-10-27-11-9-19)17-20-14(2)24-28-17/h12,15H,3-11H2,1-2H3,(H2,21,22,23,26). The zero-order valence-corrected chi connectivity index (χ0v) is 16.5. The van der Waals surface area contributed by atoms with Crippen LogP contribution in [0.25, 0.3) is 0 Å². The van der Waals surface area contributed by atoms with E-state index in [0.717, 1.165) is 18.5 Å². The fourth-order valence-electron chi connectivity index (χ4n) is 4.21. The second kappa shape index (κ2) is 7.90. The Labute approximate surface area is 164 Å². The molecule has 1 saturated heterocycles. The molecule has 0 atom stereocenters. The molecular weight excluding hydrogens is 360 g/mol. The van der Waals surface area contributed by atoms with E-state index in [4.69, 9.17) is 9.26 Å². The van der Waals surface area contributed by atoms with Gasteiger partial charge < -0.3 is 14.6 Å². The molecular formula is C19H28N6O3. The summed E-state index contributed by atoms with van der Waals surface area (Å²) in [4.78, 5) is 17.1. The molecule has 2 N–H and O–H groups in total. The number of hydrogen-bond acceptors (Lipinski definition) is 6. The second-order valence-corrected chi connectivity index (χ2v) is 7.83. The number of anilines is 1. The molecule has 4 rings (SSSR count). The van der Waals surface area contributed by atoms with Crippen molar-refractivity contribution < 1.29 is 14.1 Å². The second-order valence-electron chi connectivity index (χ2n) is 7.83. The summed E-state index contributed by atoms with van der Waals surface area (Å²) in [5.74, 6) is 1.53. The fourth-order valence-corrected chi connectivity index (χ4v) is 4.21. The number of nitrogens with one attached hydrogen (secondary N) is 2. The number of carbonyl (C=O) groups excluding carboxylic acids is 1. The zero-order chi connectivity index (χ0) is 19.6. The SMILES string of the molecule is Cc1noc(C2(NC(=O)Nc3cc(C)n(C4CCCCC4)n3)CCOCC2)n1. The Bertz CT molecular complexity index is 818. The van der Waals surface area contributed by atoms with E-state index < -0.39 is 5.54 Å². The van der Waals surface area contributed by atoms with Crippen LogP contribution in [-0.2, 0) is 10.3 Å². The molecule has 0 radical (unpaired) electrons. The molecule has 2 amide bonds. The molecule has 0 unspecified atom stereocenters. The van der Waals surface area contributed by atoms with Crippen molar-refractivity contribution in [3.63, 3.8) is 0 Å². The predicted octanol–water partition coefficient (Wildman–Crippen LogP) is 3.22. The lowest BCUT2D eigenvalue weighted by atomic mass is 9.90. The van der Waals surface area contributed by atoms with E-state index >= 15 is 0 Å². The van der Waals surface area contributed by atoms with Gasteiger partial charge in [-0.05, 0) is 26.7 Å². The van der Waals surface area contributed by atoms with Gasteiger partial charge in [0.1, 0.15) is 5.54 Å². The lowest BCUT2D eigenvalue weighted by Crippen LogP contribution is -2.51. The van der Waals surface area contributed by atoms with Crippen molar-refractivity contribution in [1.82, 2.24) is 25.2 Å². The molecule has 0 spiro atoms. The van der Waals surface area contributed by atoms with Gasteiger partial charge >= 0.3 is 6.03 Å². The van der Waals surface area contributed by atoms with E-state index in [0.29, 0.717) is 49.6 Å². The summed E-state index contributed by atoms with van der Waals surface area (Å²) < 4.78 is 12.9. The highest BCUT2D eigenvalue weighted by Crippen LogP contribution is 2.32. The van der Waals surface area contributed by atoms with Gasteiger partial charge in [-0.1, -0.05) is 24.4 Å². The van der Waals surface area contributed by atoms with E-state index in [-0.39, 0.29) is 6.03 Å². The monoisotopic (exact) mass is 388 g/mol. The molecule has 1 saturated carbocycles. The minimum Gasteiger partial charge on any atom is -0.381 e.